The van der Waals surface area contributed by atoms with Gasteiger partial charge in [-0.15, -0.1) is 0 Å². The third-order valence-corrected chi connectivity index (χ3v) is 1.84. The molecule has 58 valence electrons. The Kier molecular flexibility index (Phi) is 2.12. The van der Waals surface area contributed by atoms with Crippen molar-refractivity contribution < 1.29 is 0 Å². The molecule has 0 saturated heterocycles. The molecule has 0 aromatic rings. The zero-order chi connectivity index (χ0) is 8.48. The molecule has 1 rings (SSSR count). The standard InChI is InChI=1S/C9H14BN/c1-9(2,3)8-5-4-7(10)6-11-8/h4-6,8,11H,1-3H3. The van der Waals surface area contributed by atoms with E-state index in [1.165, 1.54) is 0 Å². The molecule has 1 aliphatic rings. The summed E-state index contributed by atoms with van der Waals surface area (Å²) in [6, 6.07) is 0.398. The average Bonchev–Trinajstić information content (AvgIpc) is 1.86. The van der Waals surface area contributed by atoms with Gasteiger partial charge in [-0.05, 0) is 11.6 Å². The van der Waals surface area contributed by atoms with Crippen LogP contribution in [0.4, 0.5) is 0 Å². The van der Waals surface area contributed by atoms with Crippen LogP contribution in [0.15, 0.2) is 23.8 Å². The van der Waals surface area contributed by atoms with Crippen molar-refractivity contribution in [1.82, 2.24) is 5.32 Å². The molecule has 11 heavy (non-hydrogen) atoms. The summed E-state index contributed by atoms with van der Waals surface area (Å²) < 4.78 is 0. The SMILES string of the molecule is [B]C1=CNC(C(C)(C)C)C=C1. The van der Waals surface area contributed by atoms with Gasteiger partial charge in [0.1, 0.15) is 7.85 Å². The van der Waals surface area contributed by atoms with Gasteiger partial charge in [0.25, 0.3) is 0 Å². The highest BCUT2D eigenvalue weighted by Gasteiger charge is 2.21. The van der Waals surface area contributed by atoms with E-state index in [0.717, 1.165) is 5.47 Å². The minimum Gasteiger partial charge on any atom is -0.385 e. The molecule has 0 amide bonds. The maximum Gasteiger partial charge on any atom is 0.115 e. The first-order chi connectivity index (χ1) is 5.00. The molecule has 1 atom stereocenters. The predicted molar refractivity (Wildman–Crippen MR) is 49.4 cm³/mol. The van der Waals surface area contributed by atoms with Crippen LogP contribution in [-0.4, -0.2) is 13.9 Å². The van der Waals surface area contributed by atoms with Crippen molar-refractivity contribution >= 4 is 7.85 Å². The summed E-state index contributed by atoms with van der Waals surface area (Å²) in [7, 11) is 5.55. The molecule has 0 saturated carbocycles. The van der Waals surface area contributed by atoms with Crippen molar-refractivity contribution in [2.45, 2.75) is 26.8 Å². The summed E-state index contributed by atoms with van der Waals surface area (Å²) in [4.78, 5) is 0. The van der Waals surface area contributed by atoms with Gasteiger partial charge in [-0.3, -0.25) is 0 Å². The quantitative estimate of drug-likeness (QED) is 0.513. The molecule has 1 N–H and O–H groups in total. The van der Waals surface area contributed by atoms with E-state index in [9.17, 15) is 0 Å². The van der Waals surface area contributed by atoms with Gasteiger partial charge < -0.3 is 5.32 Å². The highest BCUT2D eigenvalue weighted by Crippen LogP contribution is 2.22. The molecule has 2 heteroatoms. The lowest BCUT2D eigenvalue weighted by Crippen LogP contribution is -2.37. The van der Waals surface area contributed by atoms with Gasteiger partial charge in [0.05, 0.1) is 0 Å². The molecular formula is C9H14BN. The smallest absolute Gasteiger partial charge is 0.115 e. The van der Waals surface area contributed by atoms with Gasteiger partial charge in [0.15, 0.2) is 0 Å². The molecule has 0 bridgehead atoms. The largest absolute Gasteiger partial charge is 0.385 e. The van der Waals surface area contributed by atoms with E-state index in [4.69, 9.17) is 7.85 Å². The number of hydrogen-bond donors (Lipinski definition) is 1. The van der Waals surface area contributed by atoms with Gasteiger partial charge in [-0.2, -0.15) is 0 Å². The van der Waals surface area contributed by atoms with Crippen LogP contribution in [0, 0.1) is 5.41 Å². The lowest BCUT2D eigenvalue weighted by molar-refractivity contribution is 0.334. The second-order valence-electron chi connectivity index (χ2n) is 4.01. The first-order valence-corrected chi connectivity index (χ1v) is 3.90. The molecule has 1 heterocycles. The maximum atomic E-state index is 5.55. The molecular weight excluding hydrogens is 133 g/mol. The average molecular weight is 147 g/mol. The van der Waals surface area contributed by atoms with E-state index in [1.54, 1.807) is 0 Å². The number of allylic oxidation sites excluding steroid dienone is 2. The van der Waals surface area contributed by atoms with Crippen molar-refractivity contribution in [2.75, 3.05) is 0 Å². The Morgan fingerprint density at radius 3 is 2.45 bits per heavy atom. The van der Waals surface area contributed by atoms with E-state index in [0.29, 0.717) is 6.04 Å². The summed E-state index contributed by atoms with van der Waals surface area (Å²) in [5.41, 5.74) is 1.05. The van der Waals surface area contributed by atoms with E-state index in [-0.39, 0.29) is 5.41 Å². The van der Waals surface area contributed by atoms with Gasteiger partial charge in [-0.1, -0.05) is 38.4 Å². The third kappa shape index (κ3) is 2.14. The van der Waals surface area contributed by atoms with Crippen LogP contribution in [0.1, 0.15) is 20.8 Å². The van der Waals surface area contributed by atoms with Crippen LogP contribution in [0.2, 0.25) is 0 Å². The zero-order valence-electron chi connectivity index (χ0n) is 7.39. The molecule has 1 unspecified atom stereocenters. The topological polar surface area (TPSA) is 12.0 Å². The van der Waals surface area contributed by atoms with Crippen molar-refractivity contribution in [3.63, 3.8) is 0 Å². The van der Waals surface area contributed by atoms with Crippen molar-refractivity contribution in [2.24, 2.45) is 5.41 Å². The fraction of sp³-hybridized carbons (Fsp3) is 0.556. The fourth-order valence-corrected chi connectivity index (χ4v) is 1.04. The first kappa shape index (κ1) is 8.44. The fourth-order valence-electron chi connectivity index (χ4n) is 1.04. The number of hydrogen-bond acceptors (Lipinski definition) is 1. The van der Waals surface area contributed by atoms with Crippen molar-refractivity contribution in [3.8, 4) is 0 Å². The van der Waals surface area contributed by atoms with Crippen molar-refractivity contribution in [1.29, 1.82) is 0 Å². The Morgan fingerprint density at radius 2 is 2.09 bits per heavy atom. The Labute approximate surface area is 70.0 Å². The van der Waals surface area contributed by atoms with E-state index < -0.39 is 0 Å². The highest BCUT2D eigenvalue weighted by atomic mass is 14.9. The Morgan fingerprint density at radius 1 is 1.45 bits per heavy atom. The second-order valence-corrected chi connectivity index (χ2v) is 4.01. The molecule has 1 aliphatic heterocycles. The van der Waals surface area contributed by atoms with Crippen LogP contribution >= 0.6 is 0 Å². The van der Waals surface area contributed by atoms with Crippen LogP contribution < -0.4 is 5.32 Å². The van der Waals surface area contributed by atoms with E-state index in [1.807, 2.05) is 12.3 Å². The number of dihydropyridines is 1. The monoisotopic (exact) mass is 147 g/mol. The molecule has 0 aromatic heterocycles. The van der Waals surface area contributed by atoms with Crippen molar-refractivity contribution in [3.05, 3.63) is 23.8 Å². The molecule has 0 fully saturated rings. The second kappa shape index (κ2) is 2.76. The van der Waals surface area contributed by atoms with Crippen LogP contribution in [0.5, 0.6) is 0 Å². The lowest BCUT2D eigenvalue weighted by Gasteiger charge is -2.30. The summed E-state index contributed by atoms with van der Waals surface area (Å²) in [5.74, 6) is 0. The third-order valence-electron chi connectivity index (χ3n) is 1.84. The molecule has 0 aliphatic carbocycles. The number of rotatable bonds is 0. The molecule has 0 aromatic carbocycles. The van der Waals surface area contributed by atoms with E-state index >= 15 is 0 Å². The zero-order valence-corrected chi connectivity index (χ0v) is 7.39. The van der Waals surface area contributed by atoms with Gasteiger partial charge in [0.2, 0.25) is 0 Å². The van der Waals surface area contributed by atoms with Gasteiger partial charge in [0, 0.05) is 6.04 Å². The Bertz CT molecular complexity index is 198. The minimum atomic E-state index is 0.258. The first-order valence-electron chi connectivity index (χ1n) is 3.90. The summed E-state index contributed by atoms with van der Waals surface area (Å²) in [6.45, 7) is 6.60. The normalized spacial score (nSPS) is 24.3. The molecule has 0 spiro atoms. The molecule has 2 radical (unpaired) electrons. The van der Waals surface area contributed by atoms with Crippen LogP contribution in [0.25, 0.3) is 0 Å². The Balaban J connectivity index is 2.63. The highest BCUT2D eigenvalue weighted by molar-refractivity contribution is 6.23. The summed E-state index contributed by atoms with van der Waals surface area (Å²) in [5, 5.41) is 3.23. The summed E-state index contributed by atoms with van der Waals surface area (Å²) >= 11 is 0. The van der Waals surface area contributed by atoms with Crippen LogP contribution in [-0.2, 0) is 0 Å². The molecule has 1 nitrogen and oxygen atoms in total. The lowest BCUT2D eigenvalue weighted by atomic mass is 9.83. The van der Waals surface area contributed by atoms with Crippen LogP contribution in [0.3, 0.4) is 0 Å². The minimum absolute atomic E-state index is 0.258. The van der Waals surface area contributed by atoms with Gasteiger partial charge in [-0.25, -0.2) is 0 Å². The van der Waals surface area contributed by atoms with E-state index in [2.05, 4.69) is 32.2 Å². The predicted octanol–water partition coefficient (Wildman–Crippen LogP) is 1.57. The maximum absolute atomic E-state index is 5.55. The number of nitrogens with one attached hydrogen (secondary N) is 1. The summed E-state index contributed by atoms with van der Waals surface area (Å²) in [6.07, 6.45) is 5.91. The van der Waals surface area contributed by atoms with Gasteiger partial charge >= 0.3 is 0 Å². The Hall–Kier alpha value is -0.655.